The van der Waals surface area contributed by atoms with Crippen molar-refractivity contribution in [3.05, 3.63) is 23.2 Å². The average Bonchev–Trinajstić information content (AvgIpc) is 2.01. The fourth-order valence-electron chi connectivity index (χ4n) is 0.892. The van der Waals surface area contributed by atoms with Gasteiger partial charge in [0.15, 0.2) is 11.5 Å². The third kappa shape index (κ3) is 2.70. The Bertz CT molecular complexity index is 325. The van der Waals surface area contributed by atoms with Gasteiger partial charge in [0.1, 0.15) is 0 Å². The number of alkyl halides is 3. The maximum Gasteiger partial charge on any atom is 0.573 e. The van der Waals surface area contributed by atoms with Crippen LogP contribution in [0.1, 0.15) is 0 Å². The van der Waals surface area contributed by atoms with Crippen molar-refractivity contribution in [3.63, 3.8) is 0 Å². The van der Waals surface area contributed by atoms with Crippen LogP contribution >= 0.6 is 11.6 Å². The predicted octanol–water partition coefficient (Wildman–Crippen LogP) is 3.25. The second-order valence-corrected chi connectivity index (χ2v) is 2.73. The van der Waals surface area contributed by atoms with Crippen LogP contribution in [0, 0.1) is 0 Å². The Balaban J connectivity index is 3.02. The lowest BCUT2D eigenvalue weighted by Gasteiger charge is -2.12. The van der Waals surface area contributed by atoms with Crippen LogP contribution in [0.4, 0.5) is 13.2 Å². The molecule has 0 atom stereocenters. The zero-order valence-electron chi connectivity index (χ0n) is 7.06. The van der Waals surface area contributed by atoms with E-state index in [1.165, 1.54) is 19.2 Å². The van der Waals surface area contributed by atoms with Gasteiger partial charge in [0.05, 0.1) is 12.1 Å². The van der Waals surface area contributed by atoms with Gasteiger partial charge < -0.3 is 9.47 Å². The van der Waals surface area contributed by atoms with E-state index < -0.39 is 12.1 Å². The molecule has 0 radical (unpaired) electrons. The summed E-state index contributed by atoms with van der Waals surface area (Å²) in [6, 6.07) is 3.87. The van der Waals surface area contributed by atoms with Crippen LogP contribution in [0.5, 0.6) is 11.5 Å². The molecule has 0 saturated carbocycles. The molecule has 0 fully saturated rings. The van der Waals surface area contributed by atoms with E-state index in [0.29, 0.717) is 0 Å². The number of halogens is 4. The Morgan fingerprint density at radius 3 is 2.43 bits per heavy atom. The summed E-state index contributed by atoms with van der Waals surface area (Å²) in [5, 5.41) is 0.0641. The fourth-order valence-corrected chi connectivity index (χ4v) is 1.14. The van der Waals surface area contributed by atoms with Crippen LogP contribution in [0.15, 0.2) is 18.2 Å². The fraction of sp³-hybridized carbons (Fsp3) is 0.250. The zero-order chi connectivity index (χ0) is 10.8. The molecule has 0 bridgehead atoms. The first-order chi connectivity index (χ1) is 6.44. The quantitative estimate of drug-likeness (QED) is 0.771. The SMILES string of the molecule is COc1c(Cl)cccc1OC(F)(F)F. The number of benzene rings is 1. The number of para-hydroxylation sites is 1. The minimum atomic E-state index is -4.75. The molecule has 0 unspecified atom stereocenters. The summed E-state index contributed by atoms with van der Waals surface area (Å²) in [5.41, 5.74) is 0. The van der Waals surface area contributed by atoms with Crippen LogP contribution in [0.3, 0.4) is 0 Å². The molecule has 0 N–H and O–H groups in total. The molecule has 78 valence electrons. The van der Waals surface area contributed by atoms with Gasteiger partial charge in [-0.05, 0) is 12.1 Å². The van der Waals surface area contributed by atoms with Crippen LogP contribution in [0.2, 0.25) is 5.02 Å². The Morgan fingerprint density at radius 2 is 1.93 bits per heavy atom. The Kier molecular flexibility index (Phi) is 3.10. The molecule has 6 heteroatoms. The van der Waals surface area contributed by atoms with E-state index in [1.54, 1.807) is 0 Å². The van der Waals surface area contributed by atoms with Crippen LogP contribution < -0.4 is 9.47 Å². The Labute approximate surface area is 83.2 Å². The lowest BCUT2D eigenvalue weighted by molar-refractivity contribution is -0.275. The molecule has 1 aromatic carbocycles. The largest absolute Gasteiger partial charge is 0.573 e. The Hall–Kier alpha value is -1.10. The van der Waals surface area contributed by atoms with Crippen molar-refractivity contribution in [2.24, 2.45) is 0 Å². The van der Waals surface area contributed by atoms with Gasteiger partial charge in [-0.3, -0.25) is 0 Å². The number of ether oxygens (including phenoxy) is 2. The molecule has 2 nitrogen and oxygen atoms in total. The van der Waals surface area contributed by atoms with Crippen molar-refractivity contribution < 1.29 is 22.6 Å². The van der Waals surface area contributed by atoms with Gasteiger partial charge in [-0.2, -0.15) is 0 Å². The molecular weight excluding hydrogens is 221 g/mol. The van der Waals surface area contributed by atoms with Crippen molar-refractivity contribution >= 4 is 11.6 Å². The van der Waals surface area contributed by atoms with E-state index in [2.05, 4.69) is 9.47 Å². The molecule has 0 spiro atoms. The van der Waals surface area contributed by atoms with Gasteiger partial charge in [0, 0.05) is 0 Å². The van der Waals surface area contributed by atoms with Gasteiger partial charge in [0.25, 0.3) is 0 Å². The molecule has 0 aliphatic carbocycles. The monoisotopic (exact) mass is 226 g/mol. The first-order valence-electron chi connectivity index (χ1n) is 3.52. The number of hydrogen-bond acceptors (Lipinski definition) is 2. The van der Waals surface area contributed by atoms with E-state index >= 15 is 0 Å². The van der Waals surface area contributed by atoms with Gasteiger partial charge in [-0.25, -0.2) is 0 Å². The molecule has 0 amide bonds. The van der Waals surface area contributed by atoms with E-state index in [0.717, 1.165) is 6.07 Å². The highest BCUT2D eigenvalue weighted by Crippen LogP contribution is 2.37. The van der Waals surface area contributed by atoms with E-state index in [1.807, 2.05) is 0 Å². The van der Waals surface area contributed by atoms with Crippen molar-refractivity contribution in [3.8, 4) is 11.5 Å². The summed E-state index contributed by atoms with van der Waals surface area (Å²) in [7, 11) is 1.21. The van der Waals surface area contributed by atoms with Gasteiger partial charge in [-0.1, -0.05) is 17.7 Å². The van der Waals surface area contributed by atoms with Crippen LogP contribution in [0.25, 0.3) is 0 Å². The number of methoxy groups -OCH3 is 1. The lowest BCUT2D eigenvalue weighted by Crippen LogP contribution is -2.17. The van der Waals surface area contributed by atoms with Gasteiger partial charge in [-0.15, -0.1) is 13.2 Å². The first-order valence-corrected chi connectivity index (χ1v) is 3.90. The summed E-state index contributed by atoms with van der Waals surface area (Å²) < 4.78 is 44.0. The average molecular weight is 227 g/mol. The van der Waals surface area contributed by atoms with E-state index in [4.69, 9.17) is 11.6 Å². The highest BCUT2D eigenvalue weighted by Gasteiger charge is 2.32. The highest BCUT2D eigenvalue weighted by atomic mass is 35.5. The maximum absolute atomic E-state index is 11.9. The molecule has 0 heterocycles. The Morgan fingerprint density at radius 1 is 1.29 bits per heavy atom. The summed E-state index contributed by atoms with van der Waals surface area (Å²) in [6.07, 6.45) is -4.75. The molecule has 0 saturated heterocycles. The molecule has 0 aromatic heterocycles. The summed E-state index contributed by atoms with van der Waals surface area (Å²) in [4.78, 5) is 0. The van der Waals surface area contributed by atoms with Crippen molar-refractivity contribution in [2.45, 2.75) is 6.36 Å². The topological polar surface area (TPSA) is 18.5 Å². The van der Waals surface area contributed by atoms with E-state index in [-0.39, 0.29) is 10.8 Å². The summed E-state index contributed by atoms with van der Waals surface area (Å²) in [5.74, 6) is -0.584. The minimum absolute atomic E-state index is 0.0641. The van der Waals surface area contributed by atoms with Crippen LogP contribution in [-0.4, -0.2) is 13.5 Å². The molecule has 0 aliphatic rings. The zero-order valence-corrected chi connectivity index (χ0v) is 7.82. The smallest absolute Gasteiger partial charge is 0.491 e. The molecule has 1 rings (SSSR count). The van der Waals surface area contributed by atoms with Crippen molar-refractivity contribution in [2.75, 3.05) is 7.11 Å². The third-order valence-corrected chi connectivity index (χ3v) is 1.66. The second-order valence-electron chi connectivity index (χ2n) is 2.32. The predicted molar refractivity (Wildman–Crippen MR) is 44.7 cm³/mol. The summed E-state index contributed by atoms with van der Waals surface area (Å²) >= 11 is 5.59. The molecular formula is C8H6ClF3O2. The normalized spacial score (nSPS) is 11.2. The standard InChI is InChI=1S/C8H6ClF3O2/c1-13-7-5(9)3-2-4-6(7)14-8(10,11)12/h2-4H,1H3. The maximum atomic E-state index is 11.9. The molecule has 14 heavy (non-hydrogen) atoms. The lowest BCUT2D eigenvalue weighted by atomic mass is 10.3. The molecule has 1 aromatic rings. The van der Waals surface area contributed by atoms with E-state index in [9.17, 15) is 13.2 Å². The summed E-state index contributed by atoms with van der Waals surface area (Å²) in [6.45, 7) is 0. The first kappa shape index (κ1) is 11.0. The number of rotatable bonds is 2. The second kappa shape index (κ2) is 3.96. The van der Waals surface area contributed by atoms with Gasteiger partial charge >= 0.3 is 6.36 Å². The van der Waals surface area contributed by atoms with Crippen molar-refractivity contribution in [1.29, 1.82) is 0 Å². The molecule has 0 aliphatic heterocycles. The van der Waals surface area contributed by atoms with Gasteiger partial charge in [0.2, 0.25) is 0 Å². The third-order valence-electron chi connectivity index (χ3n) is 1.36. The highest BCUT2D eigenvalue weighted by molar-refractivity contribution is 6.32. The van der Waals surface area contributed by atoms with Crippen molar-refractivity contribution in [1.82, 2.24) is 0 Å². The number of hydrogen-bond donors (Lipinski definition) is 0. The minimum Gasteiger partial charge on any atom is -0.491 e. The van der Waals surface area contributed by atoms with Crippen LogP contribution in [-0.2, 0) is 0 Å².